The van der Waals surface area contributed by atoms with Gasteiger partial charge < -0.3 is 20.7 Å². The largest absolute Gasteiger partial charge is 0.494 e. The maximum Gasteiger partial charge on any atom is 0.249 e. The normalized spacial score (nSPS) is 15.7. The fraction of sp³-hybridized carbons (Fsp3) is 0.412. The molecule has 6 nitrogen and oxygen atoms in total. The number of carbonyl (C=O) groups is 1. The van der Waals surface area contributed by atoms with Crippen molar-refractivity contribution in [3.8, 4) is 5.75 Å². The van der Waals surface area contributed by atoms with Gasteiger partial charge in [0.2, 0.25) is 5.91 Å². The Morgan fingerprint density at radius 1 is 1.30 bits per heavy atom. The average Bonchev–Trinajstić information content (AvgIpc) is 2.59. The van der Waals surface area contributed by atoms with Gasteiger partial charge in [0.1, 0.15) is 5.75 Å². The van der Waals surface area contributed by atoms with Gasteiger partial charge in [-0.1, -0.05) is 0 Å². The van der Waals surface area contributed by atoms with Crippen LogP contribution in [0.5, 0.6) is 5.75 Å². The van der Waals surface area contributed by atoms with E-state index in [-0.39, 0.29) is 0 Å². The van der Waals surface area contributed by atoms with Crippen molar-refractivity contribution in [1.82, 2.24) is 15.2 Å². The molecule has 122 valence electrons. The number of ether oxygens (including phenoxy) is 1. The first-order valence-corrected chi connectivity index (χ1v) is 7.98. The zero-order chi connectivity index (χ0) is 16.1. The molecule has 0 atom stereocenters. The molecule has 2 heterocycles. The zero-order valence-corrected chi connectivity index (χ0v) is 13.1. The van der Waals surface area contributed by atoms with Gasteiger partial charge >= 0.3 is 0 Å². The SMILES string of the molecule is NC(=O)c1ccnc2ccc(OCCCN3CCNCC3)cc12. The van der Waals surface area contributed by atoms with Crippen LogP contribution in [0.2, 0.25) is 0 Å². The summed E-state index contributed by atoms with van der Waals surface area (Å²) < 4.78 is 5.82. The minimum atomic E-state index is -0.451. The Hall–Kier alpha value is -2.18. The summed E-state index contributed by atoms with van der Waals surface area (Å²) >= 11 is 0. The van der Waals surface area contributed by atoms with Crippen LogP contribution < -0.4 is 15.8 Å². The van der Waals surface area contributed by atoms with E-state index in [4.69, 9.17) is 10.5 Å². The molecule has 0 saturated carbocycles. The number of benzene rings is 1. The van der Waals surface area contributed by atoms with Crippen LogP contribution in [0, 0.1) is 0 Å². The van der Waals surface area contributed by atoms with Gasteiger partial charge in [-0.05, 0) is 30.7 Å². The number of primary amides is 1. The van der Waals surface area contributed by atoms with Gasteiger partial charge in [-0.2, -0.15) is 0 Å². The second-order valence-electron chi connectivity index (χ2n) is 5.70. The molecule has 6 heteroatoms. The molecule has 1 aromatic carbocycles. The van der Waals surface area contributed by atoms with Crippen LogP contribution in [0.25, 0.3) is 10.9 Å². The first kappa shape index (κ1) is 15.7. The molecule has 3 N–H and O–H groups in total. The van der Waals surface area contributed by atoms with Crippen LogP contribution in [0.3, 0.4) is 0 Å². The third-order valence-electron chi connectivity index (χ3n) is 4.08. The molecule has 1 aromatic heterocycles. The number of piperazine rings is 1. The van der Waals surface area contributed by atoms with E-state index in [1.54, 1.807) is 12.3 Å². The predicted molar refractivity (Wildman–Crippen MR) is 89.7 cm³/mol. The van der Waals surface area contributed by atoms with Crippen LogP contribution >= 0.6 is 0 Å². The van der Waals surface area contributed by atoms with Crippen LogP contribution in [0.1, 0.15) is 16.8 Å². The number of nitrogens with two attached hydrogens (primary N) is 1. The van der Waals surface area contributed by atoms with E-state index < -0.39 is 5.91 Å². The molecule has 3 rings (SSSR count). The van der Waals surface area contributed by atoms with Crippen LogP contribution in [-0.4, -0.2) is 55.1 Å². The molecule has 1 amide bonds. The summed E-state index contributed by atoms with van der Waals surface area (Å²) in [5.41, 5.74) is 6.63. The lowest BCUT2D eigenvalue weighted by atomic mass is 10.1. The highest BCUT2D eigenvalue weighted by Crippen LogP contribution is 2.22. The smallest absolute Gasteiger partial charge is 0.249 e. The number of pyridine rings is 1. The second kappa shape index (κ2) is 7.39. The molecular formula is C17H22N4O2. The van der Waals surface area contributed by atoms with Crippen molar-refractivity contribution in [3.05, 3.63) is 36.0 Å². The standard InChI is InChI=1S/C17H22N4O2/c18-17(22)14-4-5-20-16-3-2-13(12-15(14)16)23-11-1-8-21-9-6-19-7-10-21/h2-5,12,19H,1,6-11H2,(H2,18,22). The van der Waals surface area contributed by atoms with Gasteiger partial charge in [-0.25, -0.2) is 0 Å². The number of carbonyl (C=O) groups excluding carboxylic acids is 1. The Morgan fingerprint density at radius 3 is 2.91 bits per heavy atom. The maximum absolute atomic E-state index is 11.5. The molecule has 1 aliphatic rings. The number of nitrogens with zero attached hydrogens (tertiary/aromatic N) is 2. The van der Waals surface area contributed by atoms with Crippen molar-refractivity contribution >= 4 is 16.8 Å². The summed E-state index contributed by atoms with van der Waals surface area (Å²) in [6, 6.07) is 7.21. The summed E-state index contributed by atoms with van der Waals surface area (Å²) in [6.45, 7) is 6.03. The summed E-state index contributed by atoms with van der Waals surface area (Å²) in [4.78, 5) is 18.2. The van der Waals surface area contributed by atoms with E-state index >= 15 is 0 Å². The first-order valence-electron chi connectivity index (χ1n) is 7.98. The van der Waals surface area contributed by atoms with E-state index in [1.807, 2.05) is 18.2 Å². The Kier molecular flexibility index (Phi) is 5.05. The van der Waals surface area contributed by atoms with Crippen molar-refractivity contribution in [2.24, 2.45) is 5.73 Å². The Labute approximate surface area is 135 Å². The average molecular weight is 314 g/mol. The van der Waals surface area contributed by atoms with E-state index in [0.717, 1.165) is 55.8 Å². The van der Waals surface area contributed by atoms with Gasteiger partial charge in [-0.15, -0.1) is 0 Å². The van der Waals surface area contributed by atoms with Gasteiger partial charge in [-0.3, -0.25) is 9.78 Å². The summed E-state index contributed by atoms with van der Waals surface area (Å²) in [5.74, 6) is 0.293. The van der Waals surface area contributed by atoms with Gasteiger partial charge in [0, 0.05) is 44.3 Å². The molecule has 0 bridgehead atoms. The van der Waals surface area contributed by atoms with E-state index in [9.17, 15) is 4.79 Å². The van der Waals surface area contributed by atoms with E-state index in [2.05, 4.69) is 15.2 Å². The molecule has 23 heavy (non-hydrogen) atoms. The van der Waals surface area contributed by atoms with Gasteiger partial charge in [0.15, 0.2) is 0 Å². The fourth-order valence-corrected chi connectivity index (χ4v) is 2.84. The van der Waals surface area contributed by atoms with Gasteiger partial charge in [0.05, 0.1) is 17.7 Å². The quantitative estimate of drug-likeness (QED) is 0.778. The number of nitrogens with one attached hydrogen (secondary N) is 1. The molecule has 0 unspecified atom stereocenters. The number of aromatic nitrogens is 1. The molecule has 1 fully saturated rings. The highest BCUT2D eigenvalue weighted by Gasteiger charge is 2.10. The van der Waals surface area contributed by atoms with Crippen molar-refractivity contribution in [2.45, 2.75) is 6.42 Å². The molecular weight excluding hydrogens is 292 g/mol. The third-order valence-corrected chi connectivity index (χ3v) is 4.08. The highest BCUT2D eigenvalue weighted by molar-refractivity contribution is 6.05. The van der Waals surface area contributed by atoms with E-state index in [1.165, 1.54) is 0 Å². The molecule has 1 saturated heterocycles. The minimum Gasteiger partial charge on any atom is -0.494 e. The topological polar surface area (TPSA) is 80.5 Å². The van der Waals surface area contributed by atoms with Crippen LogP contribution in [0.15, 0.2) is 30.5 Å². The van der Waals surface area contributed by atoms with Gasteiger partial charge in [0.25, 0.3) is 0 Å². The Morgan fingerprint density at radius 2 is 2.13 bits per heavy atom. The molecule has 1 aliphatic heterocycles. The zero-order valence-electron chi connectivity index (χ0n) is 13.1. The summed E-state index contributed by atoms with van der Waals surface area (Å²) in [5, 5.41) is 4.08. The first-order chi connectivity index (χ1) is 11.2. The monoisotopic (exact) mass is 314 g/mol. The highest BCUT2D eigenvalue weighted by atomic mass is 16.5. The Bertz CT molecular complexity index is 683. The number of hydrogen-bond donors (Lipinski definition) is 2. The molecule has 0 aliphatic carbocycles. The maximum atomic E-state index is 11.5. The third kappa shape index (κ3) is 3.97. The van der Waals surface area contributed by atoms with E-state index in [0.29, 0.717) is 12.2 Å². The number of amides is 1. The Balaban J connectivity index is 1.59. The van der Waals surface area contributed by atoms with Crippen molar-refractivity contribution in [1.29, 1.82) is 0 Å². The van der Waals surface area contributed by atoms with Crippen molar-refractivity contribution in [3.63, 3.8) is 0 Å². The molecule has 0 spiro atoms. The lowest BCUT2D eigenvalue weighted by Gasteiger charge is -2.26. The lowest BCUT2D eigenvalue weighted by Crippen LogP contribution is -2.43. The molecule has 0 radical (unpaired) electrons. The lowest BCUT2D eigenvalue weighted by molar-refractivity contribution is 0.100. The number of fused-ring (bicyclic) bond motifs is 1. The minimum absolute atomic E-state index is 0.451. The summed E-state index contributed by atoms with van der Waals surface area (Å²) in [6.07, 6.45) is 2.57. The van der Waals surface area contributed by atoms with Crippen LogP contribution in [0.4, 0.5) is 0 Å². The summed E-state index contributed by atoms with van der Waals surface area (Å²) in [7, 11) is 0. The number of hydrogen-bond acceptors (Lipinski definition) is 5. The predicted octanol–water partition coefficient (Wildman–Crippen LogP) is 1.01. The molecule has 2 aromatic rings. The second-order valence-corrected chi connectivity index (χ2v) is 5.70. The van der Waals surface area contributed by atoms with Crippen LogP contribution in [-0.2, 0) is 0 Å². The van der Waals surface area contributed by atoms with Crippen molar-refractivity contribution < 1.29 is 9.53 Å². The number of rotatable bonds is 6. The van der Waals surface area contributed by atoms with Crippen molar-refractivity contribution in [2.75, 3.05) is 39.3 Å². The fourth-order valence-electron chi connectivity index (χ4n) is 2.84.